The summed E-state index contributed by atoms with van der Waals surface area (Å²) in [5, 5.41) is 5.43. The number of para-hydroxylation sites is 2. The third-order valence-corrected chi connectivity index (χ3v) is 14.0. The molecule has 1 aliphatic heterocycles. The van der Waals surface area contributed by atoms with Crippen molar-refractivity contribution in [3.8, 4) is 56.4 Å². The van der Waals surface area contributed by atoms with E-state index in [4.69, 9.17) is 33.2 Å². The molecular weight excluding hydrogens is 1100 g/mol. The molecule has 0 radical (unpaired) electrons. The van der Waals surface area contributed by atoms with Gasteiger partial charge in [-0.1, -0.05) is 194 Å². The summed E-state index contributed by atoms with van der Waals surface area (Å²) in [4.78, 5) is 17.6. The first-order chi connectivity index (χ1) is 37.5. The molecule has 0 saturated carbocycles. The Morgan fingerprint density at radius 3 is 1.73 bits per heavy atom. The molecule has 3 heterocycles. The molecule has 390 valence electrons. The summed E-state index contributed by atoms with van der Waals surface area (Å²) in [7, 11) is 0. The van der Waals surface area contributed by atoms with Crippen LogP contribution in [0.15, 0.2) is 128 Å². The van der Waals surface area contributed by atoms with Crippen LogP contribution in [0.25, 0.3) is 50.2 Å². The van der Waals surface area contributed by atoms with Crippen molar-refractivity contribution in [2.75, 3.05) is 4.90 Å². The van der Waals surface area contributed by atoms with Crippen molar-refractivity contribution in [1.29, 1.82) is 0 Å². The van der Waals surface area contributed by atoms with Crippen molar-refractivity contribution in [2.24, 2.45) is 0 Å². The Balaban J connectivity index is 0.00000860. The van der Waals surface area contributed by atoms with Gasteiger partial charge in [0.25, 0.3) is 0 Å². The van der Waals surface area contributed by atoms with E-state index in [1.165, 1.54) is 46.0 Å². The third-order valence-electron chi connectivity index (χ3n) is 14.0. The summed E-state index contributed by atoms with van der Waals surface area (Å²) in [6.07, 6.45) is 1.23. The minimum atomic E-state index is -2.64. The van der Waals surface area contributed by atoms with Crippen molar-refractivity contribution >= 4 is 17.1 Å². The number of ether oxygens (including phenoxy) is 1. The smallest absolute Gasteiger partial charge is 0.160 e. The van der Waals surface area contributed by atoms with E-state index in [9.17, 15) is 0 Å². The second kappa shape index (κ2) is 21.7. The van der Waals surface area contributed by atoms with Crippen molar-refractivity contribution in [3.05, 3.63) is 195 Å². The van der Waals surface area contributed by atoms with Crippen LogP contribution in [0.2, 0.25) is 0 Å². The zero-order valence-electron chi connectivity index (χ0n) is 52.0. The minimum absolute atomic E-state index is 0. The van der Waals surface area contributed by atoms with E-state index in [2.05, 4.69) is 159 Å². The van der Waals surface area contributed by atoms with Crippen LogP contribution in [0.4, 0.5) is 17.1 Å². The number of hydrogen-bond donors (Lipinski definition) is 0. The maximum absolute atomic E-state index is 8.51. The van der Waals surface area contributed by atoms with Crippen LogP contribution in [0.1, 0.15) is 185 Å². The third kappa shape index (κ3) is 11.3. The van der Waals surface area contributed by atoms with Crippen molar-refractivity contribution in [3.63, 3.8) is 0 Å². The molecule has 6 nitrogen and oxygen atoms in total. The predicted octanol–water partition coefficient (Wildman–Crippen LogP) is 19.5. The van der Waals surface area contributed by atoms with Gasteiger partial charge in [0.05, 0.1) is 17.1 Å². The molecule has 2 aromatic heterocycles. The SMILES string of the molecule is [2H]C([2H])([2H])c1cccc(C([2H])([2H])[2H])c1-c1nc(C(C)C)c(N2c3ccccc3[N-]C2c2[c-]c(Oc3[c-]c(-c4cc(-c5c(C(C)C)cc(-c6ccccc6)cc5C(C)C)ccn4)cc(C(C)(C)C)c3)cc(C(C)(C)C)c2)c(C(C)C)n1.[Pt]. The van der Waals surface area contributed by atoms with E-state index in [0.717, 1.165) is 50.6 Å². The molecule has 0 N–H and O–H groups in total. The van der Waals surface area contributed by atoms with Crippen LogP contribution in [0.3, 0.4) is 0 Å². The Kier molecular flexibility index (Phi) is 13.6. The molecule has 0 fully saturated rings. The number of pyridine rings is 1. The van der Waals surface area contributed by atoms with Gasteiger partial charge >= 0.3 is 0 Å². The fourth-order valence-corrected chi connectivity index (χ4v) is 9.94. The first-order valence-corrected chi connectivity index (χ1v) is 26.2. The van der Waals surface area contributed by atoms with Gasteiger partial charge in [-0.05, 0) is 117 Å². The average Bonchev–Trinajstić information content (AvgIpc) is 3.86. The topological polar surface area (TPSA) is 65.2 Å². The number of nitrogens with zero attached hydrogens (tertiary/aromatic N) is 5. The molecule has 6 aromatic carbocycles. The maximum Gasteiger partial charge on any atom is 0.160 e. The maximum atomic E-state index is 8.51. The number of aryl methyl sites for hydroxylation is 2. The molecule has 8 aromatic rings. The normalized spacial score (nSPS) is 15.2. The predicted molar refractivity (Wildman–Crippen MR) is 310 cm³/mol. The van der Waals surface area contributed by atoms with Gasteiger partial charge in [0.2, 0.25) is 0 Å². The summed E-state index contributed by atoms with van der Waals surface area (Å²) in [6.45, 7) is 25.0. The number of aromatic nitrogens is 3. The van der Waals surface area contributed by atoms with Crippen molar-refractivity contribution in [1.82, 2.24) is 15.0 Å². The first kappa shape index (κ1) is 47.1. The summed E-state index contributed by atoms with van der Waals surface area (Å²) < 4.78 is 58.1. The van der Waals surface area contributed by atoms with Crippen LogP contribution in [-0.4, -0.2) is 15.0 Å². The van der Waals surface area contributed by atoms with E-state index in [1.54, 1.807) is 0 Å². The zero-order valence-corrected chi connectivity index (χ0v) is 48.2. The van der Waals surface area contributed by atoms with E-state index < -0.39 is 19.9 Å². The van der Waals surface area contributed by atoms with Crippen molar-refractivity contribution < 1.29 is 34.0 Å². The molecule has 1 atom stereocenters. The number of hydrogen-bond acceptors (Lipinski definition) is 5. The van der Waals surface area contributed by atoms with Crippen LogP contribution >= 0.6 is 0 Å². The van der Waals surface area contributed by atoms with Gasteiger partial charge in [0, 0.05) is 58.2 Å². The molecule has 75 heavy (non-hydrogen) atoms. The molecule has 9 rings (SSSR count). The molecule has 1 unspecified atom stereocenters. The van der Waals surface area contributed by atoms with Gasteiger partial charge < -0.3 is 19.9 Å². The quantitative estimate of drug-likeness (QED) is 0.114. The van der Waals surface area contributed by atoms with Gasteiger partial charge in [-0.3, -0.25) is 0 Å². The first-order valence-electron chi connectivity index (χ1n) is 29.2. The fraction of sp³-hybridized carbons (Fsp3) is 0.338. The van der Waals surface area contributed by atoms with Gasteiger partial charge in [0.1, 0.15) is 0 Å². The van der Waals surface area contributed by atoms with Crippen LogP contribution in [-0.2, 0) is 31.9 Å². The van der Waals surface area contributed by atoms with Crippen LogP contribution in [0.5, 0.6) is 11.5 Å². The van der Waals surface area contributed by atoms with E-state index >= 15 is 0 Å². The molecule has 0 aliphatic carbocycles. The Bertz CT molecular complexity index is 3500. The van der Waals surface area contributed by atoms with Crippen LogP contribution in [0, 0.1) is 25.8 Å². The Morgan fingerprint density at radius 2 is 1.16 bits per heavy atom. The monoisotopic (exact) mass is 1180 g/mol. The van der Waals surface area contributed by atoms with Gasteiger partial charge in [-0.25, -0.2) is 9.97 Å². The van der Waals surface area contributed by atoms with Gasteiger partial charge in [0.15, 0.2) is 5.82 Å². The number of benzene rings is 6. The summed E-state index contributed by atoms with van der Waals surface area (Å²) >= 11 is 0. The zero-order chi connectivity index (χ0) is 58.0. The Hall–Kier alpha value is -6.36. The second-order valence-electron chi connectivity index (χ2n) is 23.1. The van der Waals surface area contributed by atoms with Crippen molar-refractivity contribution in [2.45, 2.75) is 151 Å². The molecule has 0 saturated heterocycles. The molecular formula is C68H74N5OPt-3. The Morgan fingerprint density at radius 1 is 0.587 bits per heavy atom. The van der Waals surface area contributed by atoms with E-state index in [0.29, 0.717) is 22.9 Å². The van der Waals surface area contributed by atoms with Gasteiger partial charge in [-0.2, -0.15) is 11.6 Å². The average molecular weight is 1180 g/mol. The Labute approximate surface area is 471 Å². The summed E-state index contributed by atoms with van der Waals surface area (Å²) in [5.41, 5.74) is 14.5. The largest absolute Gasteiger partial charge is 0.661 e. The van der Waals surface area contributed by atoms with E-state index in [-0.39, 0.29) is 78.1 Å². The molecule has 0 amide bonds. The molecule has 0 spiro atoms. The minimum Gasteiger partial charge on any atom is -0.661 e. The molecule has 0 bridgehead atoms. The number of rotatable bonds is 12. The fourth-order valence-electron chi connectivity index (χ4n) is 9.94. The summed E-state index contributed by atoms with van der Waals surface area (Å²) in [5.74, 6) is 1.17. The van der Waals surface area contributed by atoms with Gasteiger partial charge in [-0.15, -0.1) is 40.6 Å². The summed E-state index contributed by atoms with van der Waals surface area (Å²) in [6, 6.07) is 47.8. The number of fused-ring (bicyclic) bond motifs is 1. The second-order valence-corrected chi connectivity index (χ2v) is 23.1. The standard InChI is InChI=1S/C68H74N5O.Pt/c1-40(2)55-35-48(46-25-18-17-19-26-46)36-56(41(3)4)61(55)47-29-30-69-58(37-47)49-31-51(67(11,12)13)38-53(33-49)74-54-34-50(32-52(39-54)68(14,15)16)66-70-57-27-20-21-28-59(57)73(66)64-62(42(5)6)71-65(72-63(64)43(7)8)60-44(9)23-22-24-45(60)10;/h17-32,35-43,66H,1-16H3;/q-3;/i9D3,10D3;. The van der Waals surface area contributed by atoms with E-state index in [1.807, 2.05) is 64.2 Å². The number of anilines is 2. The molecule has 7 heteroatoms. The molecule has 1 aliphatic rings. The van der Waals surface area contributed by atoms with Crippen LogP contribution < -0.4 is 9.64 Å².